The molecular formula is C12H11ClN4O3S. The summed E-state index contributed by atoms with van der Waals surface area (Å²) in [4.78, 5) is 26.2. The molecule has 1 amide bonds. The molecule has 21 heavy (non-hydrogen) atoms. The summed E-state index contributed by atoms with van der Waals surface area (Å²) >= 11 is 7.26. The number of nitrogens with one attached hydrogen (secondary N) is 1. The summed E-state index contributed by atoms with van der Waals surface area (Å²) in [6.45, 7) is 0.461. The number of nitro groups is 1. The van der Waals surface area contributed by atoms with Crippen LogP contribution < -0.4 is 11.1 Å². The quantitative estimate of drug-likeness (QED) is 0.647. The fourth-order valence-corrected chi connectivity index (χ4v) is 2.57. The number of thiazole rings is 1. The first-order chi connectivity index (χ1) is 10.0. The number of rotatable bonds is 5. The van der Waals surface area contributed by atoms with Gasteiger partial charge in [0.15, 0.2) is 0 Å². The molecule has 110 valence electrons. The zero-order valence-corrected chi connectivity index (χ0v) is 12.3. The summed E-state index contributed by atoms with van der Waals surface area (Å²) in [5, 5.41) is 15.7. The van der Waals surface area contributed by atoms with E-state index in [1.807, 2.05) is 0 Å². The lowest BCUT2D eigenvalue weighted by Crippen LogP contribution is -2.13. The van der Waals surface area contributed by atoms with Crippen LogP contribution in [0.15, 0.2) is 23.6 Å². The average Bonchev–Trinajstić information content (AvgIpc) is 2.90. The number of nitro benzene ring substituents is 1. The molecule has 1 heterocycles. The van der Waals surface area contributed by atoms with Crippen molar-refractivity contribution in [1.29, 1.82) is 0 Å². The Morgan fingerprint density at radius 1 is 1.52 bits per heavy atom. The number of nitrogens with two attached hydrogens (primary N) is 1. The van der Waals surface area contributed by atoms with E-state index in [2.05, 4.69) is 10.3 Å². The third-order valence-corrected chi connectivity index (χ3v) is 3.78. The third kappa shape index (κ3) is 3.75. The topological polar surface area (TPSA) is 111 Å². The third-order valence-electron chi connectivity index (χ3n) is 2.55. The Morgan fingerprint density at radius 2 is 2.29 bits per heavy atom. The van der Waals surface area contributed by atoms with Crippen molar-refractivity contribution in [1.82, 2.24) is 4.98 Å². The molecular weight excluding hydrogens is 316 g/mol. The highest BCUT2D eigenvalue weighted by atomic mass is 35.5. The minimum atomic E-state index is -0.559. The minimum Gasteiger partial charge on any atom is -0.330 e. The van der Waals surface area contributed by atoms with Crippen LogP contribution in [0.2, 0.25) is 5.02 Å². The summed E-state index contributed by atoms with van der Waals surface area (Å²) in [5.41, 5.74) is 5.83. The van der Waals surface area contributed by atoms with Crippen LogP contribution in [-0.4, -0.2) is 22.4 Å². The zero-order chi connectivity index (χ0) is 15.4. The molecule has 0 spiro atoms. The highest BCUT2D eigenvalue weighted by Gasteiger charge is 2.14. The van der Waals surface area contributed by atoms with Crippen molar-refractivity contribution in [3.8, 4) is 0 Å². The summed E-state index contributed by atoms with van der Waals surface area (Å²) in [5.74, 6) is -0.426. The lowest BCUT2D eigenvalue weighted by atomic mass is 10.2. The average molecular weight is 327 g/mol. The maximum absolute atomic E-state index is 12.0. The summed E-state index contributed by atoms with van der Waals surface area (Å²) in [6, 6.07) is 3.83. The Balaban J connectivity index is 2.13. The molecule has 0 unspecified atom stereocenters. The number of carbonyl (C=O) groups is 1. The number of non-ortho nitro benzene ring substituents is 1. The van der Waals surface area contributed by atoms with Gasteiger partial charge in [-0.15, -0.1) is 11.3 Å². The van der Waals surface area contributed by atoms with Crippen molar-refractivity contribution in [2.24, 2.45) is 5.73 Å². The van der Waals surface area contributed by atoms with Gasteiger partial charge >= 0.3 is 0 Å². The van der Waals surface area contributed by atoms with E-state index in [0.717, 1.165) is 5.01 Å². The molecule has 0 atom stereocenters. The normalized spacial score (nSPS) is 10.4. The smallest absolute Gasteiger partial charge is 0.275 e. The molecule has 0 saturated heterocycles. The highest BCUT2D eigenvalue weighted by molar-refractivity contribution is 7.09. The van der Waals surface area contributed by atoms with Crippen LogP contribution in [0.1, 0.15) is 15.5 Å². The molecule has 9 heteroatoms. The Hall–Kier alpha value is -2.03. The second-order valence-corrected chi connectivity index (χ2v) is 5.39. The number of halogens is 1. The maximum Gasteiger partial charge on any atom is 0.275 e. The van der Waals surface area contributed by atoms with Crippen LogP contribution in [0.25, 0.3) is 0 Å². The Morgan fingerprint density at radius 3 is 2.90 bits per heavy atom. The van der Waals surface area contributed by atoms with E-state index in [1.54, 1.807) is 5.38 Å². The van der Waals surface area contributed by atoms with Crippen molar-refractivity contribution in [2.75, 3.05) is 11.9 Å². The van der Waals surface area contributed by atoms with Crippen LogP contribution in [0.3, 0.4) is 0 Å². The van der Waals surface area contributed by atoms with E-state index >= 15 is 0 Å². The molecule has 0 radical (unpaired) electrons. The highest BCUT2D eigenvalue weighted by Crippen LogP contribution is 2.27. The van der Waals surface area contributed by atoms with Crippen molar-refractivity contribution >= 4 is 40.2 Å². The van der Waals surface area contributed by atoms with Gasteiger partial charge in [0, 0.05) is 23.9 Å². The second-order valence-electron chi connectivity index (χ2n) is 4.04. The van der Waals surface area contributed by atoms with Gasteiger partial charge in [-0.05, 0) is 12.6 Å². The van der Waals surface area contributed by atoms with Gasteiger partial charge in [-0.3, -0.25) is 14.9 Å². The fourth-order valence-electron chi connectivity index (χ4n) is 1.56. The molecule has 0 aliphatic rings. The monoisotopic (exact) mass is 326 g/mol. The van der Waals surface area contributed by atoms with Crippen molar-refractivity contribution in [2.45, 2.75) is 6.42 Å². The van der Waals surface area contributed by atoms with Crippen LogP contribution in [0, 0.1) is 10.1 Å². The van der Waals surface area contributed by atoms with Crippen molar-refractivity contribution < 1.29 is 9.72 Å². The van der Waals surface area contributed by atoms with Crippen LogP contribution in [-0.2, 0) is 6.42 Å². The largest absolute Gasteiger partial charge is 0.330 e. The molecule has 2 aromatic rings. The van der Waals surface area contributed by atoms with Crippen LogP contribution in [0.5, 0.6) is 0 Å². The van der Waals surface area contributed by atoms with E-state index in [-0.39, 0.29) is 16.4 Å². The predicted molar refractivity (Wildman–Crippen MR) is 80.9 cm³/mol. The summed E-state index contributed by atoms with van der Waals surface area (Å²) in [6.07, 6.45) is 0.607. The SMILES string of the molecule is NCCc1nc(C(=O)Nc2ccc([N+](=O)[O-])cc2Cl)cs1. The number of nitrogens with zero attached hydrogens (tertiary/aromatic N) is 2. The molecule has 3 N–H and O–H groups in total. The number of aromatic nitrogens is 1. The van der Waals surface area contributed by atoms with Gasteiger partial charge in [0.05, 0.1) is 20.6 Å². The Kier molecular flexibility index (Phi) is 4.84. The number of benzene rings is 1. The van der Waals surface area contributed by atoms with Gasteiger partial charge in [-0.1, -0.05) is 11.6 Å². The molecule has 2 rings (SSSR count). The van der Waals surface area contributed by atoms with E-state index < -0.39 is 10.8 Å². The fraction of sp³-hybridized carbons (Fsp3) is 0.167. The number of hydrogen-bond donors (Lipinski definition) is 2. The first kappa shape index (κ1) is 15.4. The second kappa shape index (κ2) is 6.61. The summed E-state index contributed by atoms with van der Waals surface area (Å²) < 4.78 is 0. The number of hydrogen-bond acceptors (Lipinski definition) is 6. The van der Waals surface area contributed by atoms with E-state index in [1.165, 1.54) is 29.5 Å². The van der Waals surface area contributed by atoms with E-state index in [0.29, 0.717) is 18.7 Å². The lowest BCUT2D eigenvalue weighted by Gasteiger charge is -2.05. The number of amides is 1. The van der Waals surface area contributed by atoms with Gasteiger partial charge in [0.2, 0.25) is 0 Å². The van der Waals surface area contributed by atoms with Crippen molar-refractivity contribution in [3.63, 3.8) is 0 Å². The predicted octanol–water partition coefficient (Wildman–Crippen LogP) is 2.46. The molecule has 1 aromatic heterocycles. The lowest BCUT2D eigenvalue weighted by molar-refractivity contribution is -0.384. The van der Waals surface area contributed by atoms with Crippen LogP contribution in [0.4, 0.5) is 11.4 Å². The van der Waals surface area contributed by atoms with Gasteiger partial charge in [-0.25, -0.2) is 4.98 Å². The Labute approximate surface area is 128 Å². The standard InChI is InChI=1S/C12H11ClN4O3S/c13-8-5-7(17(19)20)1-2-9(8)16-12(18)10-6-21-11(15-10)3-4-14/h1-2,5-6H,3-4,14H2,(H,16,18). The van der Waals surface area contributed by atoms with E-state index in [4.69, 9.17) is 17.3 Å². The molecule has 0 aliphatic carbocycles. The first-order valence-electron chi connectivity index (χ1n) is 5.91. The van der Waals surface area contributed by atoms with Gasteiger partial charge in [0.25, 0.3) is 11.6 Å². The number of anilines is 1. The molecule has 7 nitrogen and oxygen atoms in total. The van der Waals surface area contributed by atoms with Gasteiger partial charge < -0.3 is 11.1 Å². The van der Waals surface area contributed by atoms with E-state index in [9.17, 15) is 14.9 Å². The molecule has 0 aliphatic heterocycles. The molecule has 0 fully saturated rings. The van der Waals surface area contributed by atoms with Crippen LogP contribution >= 0.6 is 22.9 Å². The summed E-state index contributed by atoms with van der Waals surface area (Å²) in [7, 11) is 0. The zero-order valence-electron chi connectivity index (χ0n) is 10.7. The number of carbonyl (C=O) groups excluding carboxylic acids is 1. The molecule has 1 aromatic carbocycles. The van der Waals surface area contributed by atoms with Gasteiger partial charge in [0.1, 0.15) is 5.69 Å². The molecule has 0 saturated carbocycles. The first-order valence-corrected chi connectivity index (χ1v) is 7.17. The van der Waals surface area contributed by atoms with Gasteiger partial charge in [-0.2, -0.15) is 0 Å². The maximum atomic E-state index is 12.0. The molecule has 0 bridgehead atoms. The minimum absolute atomic E-state index is 0.0926. The Bertz CT molecular complexity index is 689. The van der Waals surface area contributed by atoms with Crippen molar-refractivity contribution in [3.05, 3.63) is 49.4 Å².